The van der Waals surface area contributed by atoms with Gasteiger partial charge in [0, 0.05) is 43.8 Å². The maximum absolute atomic E-state index is 14.1. The van der Waals surface area contributed by atoms with Crippen molar-refractivity contribution < 1.29 is 42.5 Å². The quantitative estimate of drug-likeness (QED) is 0.277. The van der Waals surface area contributed by atoms with Crippen LogP contribution in [-0.2, 0) is 23.8 Å². The van der Waals surface area contributed by atoms with E-state index >= 15 is 0 Å². The number of rotatable bonds is 7. The molecular formula is C33H30N2O10. The molecule has 0 N–H and O–H groups in total. The number of benzene rings is 1. The number of nitriles is 1. The minimum absolute atomic E-state index is 0.0330. The van der Waals surface area contributed by atoms with Gasteiger partial charge in [0.05, 0.1) is 23.1 Å². The number of Topliss-reactive ketones (excluding diaryl/α,β-unsaturated/α-hetero) is 1. The molecule has 3 heterocycles. The highest BCUT2D eigenvalue weighted by molar-refractivity contribution is 6.02. The molecule has 2 unspecified atom stereocenters. The summed E-state index contributed by atoms with van der Waals surface area (Å²) in [6, 6.07) is 12.6. The van der Waals surface area contributed by atoms with Crippen molar-refractivity contribution >= 4 is 23.7 Å². The molecule has 0 bridgehead atoms. The molecule has 2 aliphatic rings. The van der Waals surface area contributed by atoms with Gasteiger partial charge in [-0.25, -0.2) is 9.59 Å². The van der Waals surface area contributed by atoms with Crippen LogP contribution in [0.5, 0.6) is 5.75 Å². The van der Waals surface area contributed by atoms with E-state index in [0.717, 1.165) is 0 Å². The normalized spacial score (nSPS) is 23.2. The number of hydrogen-bond donors (Lipinski definition) is 0. The van der Waals surface area contributed by atoms with Gasteiger partial charge in [-0.05, 0) is 63.1 Å². The highest BCUT2D eigenvalue weighted by Gasteiger charge is 2.61. The highest BCUT2D eigenvalue weighted by atomic mass is 16.6. The van der Waals surface area contributed by atoms with Crippen LogP contribution in [-0.4, -0.2) is 52.6 Å². The molecule has 3 aromatic rings. The number of carbonyl (C=O) groups is 4. The molecular weight excluding hydrogens is 584 g/mol. The van der Waals surface area contributed by atoms with Crippen molar-refractivity contribution in [2.45, 2.75) is 57.8 Å². The average Bonchev–Trinajstić information content (AvgIpc) is 3.00. The molecule has 12 nitrogen and oxygen atoms in total. The molecule has 232 valence electrons. The van der Waals surface area contributed by atoms with Gasteiger partial charge in [-0.3, -0.25) is 19.4 Å². The first kappa shape index (κ1) is 31.1. The van der Waals surface area contributed by atoms with Crippen molar-refractivity contribution in [1.29, 1.82) is 5.26 Å². The standard InChI is InChI=1S/C33H30N2O10/c1-18(36)41-17-32(3,44-19(2)37)23-12-24-29(38)28-26(14-25(42-31(28)40)22-6-5-11-35-16-22)45-33(24,4)27(13-23)43-30(39)21-9-7-20(15-34)8-10-21/h5-11,14,16,23-24,27H,12-13,17H2,1-4H3/t23-,24?,27-,32?,33-/m0/s1. The predicted octanol–water partition coefficient (Wildman–Crippen LogP) is 4.04. The fourth-order valence-corrected chi connectivity index (χ4v) is 6.02. The topological polar surface area (TPSA) is 172 Å². The summed E-state index contributed by atoms with van der Waals surface area (Å²) in [5, 5.41) is 9.14. The fourth-order valence-electron chi connectivity index (χ4n) is 6.02. The molecule has 0 radical (unpaired) electrons. The van der Waals surface area contributed by atoms with E-state index in [1.807, 2.05) is 6.07 Å². The Bertz CT molecular complexity index is 1760. The van der Waals surface area contributed by atoms with Crippen LogP contribution in [0.2, 0.25) is 0 Å². The number of nitrogens with zero attached hydrogens (tertiary/aromatic N) is 2. The number of fused-ring (bicyclic) bond motifs is 2. The lowest BCUT2D eigenvalue weighted by Gasteiger charge is -2.52. The van der Waals surface area contributed by atoms with Gasteiger partial charge in [0.1, 0.15) is 35.4 Å². The molecule has 1 aliphatic heterocycles. The van der Waals surface area contributed by atoms with E-state index in [1.54, 1.807) is 32.2 Å². The lowest BCUT2D eigenvalue weighted by Crippen LogP contribution is -2.64. The summed E-state index contributed by atoms with van der Waals surface area (Å²) < 4.78 is 28.9. The van der Waals surface area contributed by atoms with Gasteiger partial charge < -0.3 is 23.4 Å². The molecule has 5 rings (SSSR count). The smallest absolute Gasteiger partial charge is 0.351 e. The van der Waals surface area contributed by atoms with Gasteiger partial charge in [-0.2, -0.15) is 5.26 Å². The zero-order valence-corrected chi connectivity index (χ0v) is 25.0. The summed E-state index contributed by atoms with van der Waals surface area (Å²) in [5.41, 5.74) is -3.11. The molecule has 2 aromatic heterocycles. The Morgan fingerprint density at radius 1 is 1.11 bits per heavy atom. The van der Waals surface area contributed by atoms with Gasteiger partial charge in [-0.1, -0.05) is 0 Å². The molecule has 0 saturated heterocycles. The molecule has 12 heteroatoms. The summed E-state index contributed by atoms with van der Waals surface area (Å²) in [4.78, 5) is 68.8. The van der Waals surface area contributed by atoms with Crippen LogP contribution >= 0.6 is 0 Å². The Balaban J connectivity index is 1.59. The lowest BCUT2D eigenvalue weighted by atomic mass is 9.62. The number of aromatic nitrogens is 1. The zero-order chi connectivity index (χ0) is 32.5. The summed E-state index contributed by atoms with van der Waals surface area (Å²) >= 11 is 0. The van der Waals surface area contributed by atoms with Crippen molar-refractivity contribution in [2.75, 3.05) is 6.61 Å². The van der Waals surface area contributed by atoms with Crippen molar-refractivity contribution in [3.8, 4) is 23.1 Å². The van der Waals surface area contributed by atoms with Crippen molar-refractivity contribution in [1.82, 2.24) is 4.98 Å². The summed E-state index contributed by atoms with van der Waals surface area (Å²) in [6.07, 6.45) is 2.02. The molecule has 45 heavy (non-hydrogen) atoms. The second-order valence-corrected chi connectivity index (χ2v) is 11.5. The number of pyridine rings is 1. The van der Waals surface area contributed by atoms with Crippen molar-refractivity contribution in [3.63, 3.8) is 0 Å². The maximum Gasteiger partial charge on any atom is 0.351 e. The molecule has 1 fully saturated rings. The van der Waals surface area contributed by atoms with Gasteiger partial charge in [-0.15, -0.1) is 0 Å². The van der Waals surface area contributed by atoms with Gasteiger partial charge in [0.15, 0.2) is 11.4 Å². The highest BCUT2D eigenvalue weighted by Crippen LogP contribution is 2.50. The molecule has 0 amide bonds. The third kappa shape index (κ3) is 6.06. The maximum atomic E-state index is 14.1. The van der Waals surface area contributed by atoms with E-state index in [9.17, 15) is 24.0 Å². The monoisotopic (exact) mass is 614 g/mol. The Labute approximate surface area is 257 Å². The SMILES string of the molecule is CC(=O)OCC(C)(OC(C)=O)[C@H]1CC2C(=O)c3c(cc(-c4cccnc4)oc3=O)O[C@]2(C)[C@@H](OC(=O)c2ccc(C#N)cc2)C1. The van der Waals surface area contributed by atoms with Crippen LogP contribution in [0.15, 0.2) is 64.1 Å². The Kier molecular flexibility index (Phi) is 8.30. The average molecular weight is 615 g/mol. The third-order valence-electron chi connectivity index (χ3n) is 8.41. The Morgan fingerprint density at radius 2 is 1.84 bits per heavy atom. The minimum Gasteiger partial charge on any atom is -0.482 e. The zero-order valence-electron chi connectivity index (χ0n) is 25.0. The van der Waals surface area contributed by atoms with Crippen molar-refractivity contribution in [3.05, 3.63) is 82.0 Å². The van der Waals surface area contributed by atoms with Crippen LogP contribution in [0.4, 0.5) is 0 Å². The number of ketones is 1. The second-order valence-electron chi connectivity index (χ2n) is 11.5. The summed E-state index contributed by atoms with van der Waals surface area (Å²) in [6.45, 7) is 5.29. The third-order valence-corrected chi connectivity index (χ3v) is 8.41. The van der Waals surface area contributed by atoms with Gasteiger partial charge in [0.2, 0.25) is 0 Å². The first-order valence-corrected chi connectivity index (χ1v) is 14.2. The number of hydrogen-bond acceptors (Lipinski definition) is 12. The minimum atomic E-state index is -1.47. The molecule has 1 aliphatic carbocycles. The molecule has 1 saturated carbocycles. The second kappa shape index (κ2) is 12.0. The first-order valence-electron chi connectivity index (χ1n) is 14.2. The first-order chi connectivity index (χ1) is 21.3. The van der Waals surface area contributed by atoms with E-state index < -0.39 is 58.5 Å². The lowest BCUT2D eigenvalue weighted by molar-refractivity contribution is -0.190. The molecule has 1 aromatic carbocycles. The van der Waals surface area contributed by atoms with Gasteiger partial charge >= 0.3 is 23.5 Å². The van der Waals surface area contributed by atoms with E-state index in [4.69, 9.17) is 28.6 Å². The van der Waals surface area contributed by atoms with Crippen LogP contribution < -0.4 is 10.4 Å². The van der Waals surface area contributed by atoms with E-state index in [2.05, 4.69) is 4.98 Å². The van der Waals surface area contributed by atoms with Crippen molar-refractivity contribution in [2.24, 2.45) is 11.8 Å². The van der Waals surface area contributed by atoms with Crippen LogP contribution in [0.3, 0.4) is 0 Å². The van der Waals surface area contributed by atoms with Gasteiger partial charge in [0.25, 0.3) is 0 Å². The van der Waals surface area contributed by atoms with E-state index in [-0.39, 0.29) is 42.1 Å². The molecule has 5 atom stereocenters. The Hall–Kier alpha value is -5.31. The number of esters is 3. The van der Waals surface area contributed by atoms with E-state index in [1.165, 1.54) is 50.4 Å². The number of ether oxygens (including phenoxy) is 4. The summed E-state index contributed by atoms with van der Waals surface area (Å²) in [5.74, 6) is -4.23. The number of carbonyl (C=O) groups excluding carboxylic acids is 4. The predicted molar refractivity (Wildman–Crippen MR) is 155 cm³/mol. The van der Waals surface area contributed by atoms with Crippen LogP contribution in [0, 0.1) is 23.2 Å². The van der Waals surface area contributed by atoms with E-state index in [0.29, 0.717) is 11.1 Å². The largest absolute Gasteiger partial charge is 0.482 e. The van der Waals surface area contributed by atoms with Crippen LogP contribution in [0.25, 0.3) is 11.3 Å². The Morgan fingerprint density at radius 3 is 2.47 bits per heavy atom. The molecule has 0 spiro atoms. The fraction of sp³-hybridized carbons (Fsp3) is 0.364. The van der Waals surface area contributed by atoms with Crippen LogP contribution in [0.1, 0.15) is 66.8 Å². The summed E-state index contributed by atoms with van der Waals surface area (Å²) in [7, 11) is 0.